The second-order valence-electron chi connectivity index (χ2n) is 3.10. The van der Waals surface area contributed by atoms with Gasteiger partial charge in [-0.05, 0) is 19.1 Å². The SMILES string of the molecule is COc1ccc(C)cc1COC(C)=O. The summed E-state index contributed by atoms with van der Waals surface area (Å²) in [5.74, 6) is 0.463. The Morgan fingerprint density at radius 3 is 2.71 bits per heavy atom. The van der Waals surface area contributed by atoms with Gasteiger partial charge in [0.05, 0.1) is 7.11 Å². The van der Waals surface area contributed by atoms with Gasteiger partial charge in [0.15, 0.2) is 0 Å². The number of hydrogen-bond donors (Lipinski definition) is 0. The van der Waals surface area contributed by atoms with Gasteiger partial charge >= 0.3 is 5.97 Å². The van der Waals surface area contributed by atoms with Gasteiger partial charge in [-0.3, -0.25) is 4.79 Å². The molecule has 0 bridgehead atoms. The first kappa shape index (κ1) is 10.6. The van der Waals surface area contributed by atoms with E-state index < -0.39 is 0 Å². The molecule has 0 amide bonds. The Morgan fingerprint density at radius 2 is 2.14 bits per heavy atom. The predicted octanol–water partition coefficient (Wildman–Crippen LogP) is 2.07. The summed E-state index contributed by atoms with van der Waals surface area (Å²) in [6, 6.07) is 5.77. The van der Waals surface area contributed by atoms with E-state index in [-0.39, 0.29) is 12.6 Å². The maximum atomic E-state index is 10.6. The van der Waals surface area contributed by atoms with Crippen molar-refractivity contribution in [3.63, 3.8) is 0 Å². The quantitative estimate of drug-likeness (QED) is 0.691. The average molecular weight is 194 g/mol. The first-order valence-corrected chi connectivity index (χ1v) is 4.40. The summed E-state index contributed by atoms with van der Waals surface area (Å²) in [7, 11) is 1.60. The summed E-state index contributed by atoms with van der Waals surface area (Å²) >= 11 is 0. The molecule has 1 aromatic rings. The van der Waals surface area contributed by atoms with Crippen molar-refractivity contribution in [2.45, 2.75) is 20.5 Å². The Hall–Kier alpha value is -1.51. The lowest BCUT2D eigenvalue weighted by Crippen LogP contribution is -2.01. The topological polar surface area (TPSA) is 35.5 Å². The van der Waals surface area contributed by atoms with E-state index in [9.17, 15) is 4.79 Å². The van der Waals surface area contributed by atoms with Gasteiger partial charge in [0.2, 0.25) is 0 Å². The zero-order valence-corrected chi connectivity index (χ0v) is 8.66. The van der Waals surface area contributed by atoms with Crippen LogP contribution < -0.4 is 4.74 Å². The Kier molecular flexibility index (Phi) is 3.51. The van der Waals surface area contributed by atoms with Crippen LogP contribution in [-0.2, 0) is 16.1 Å². The van der Waals surface area contributed by atoms with E-state index >= 15 is 0 Å². The van der Waals surface area contributed by atoms with Gasteiger partial charge in [0.25, 0.3) is 0 Å². The van der Waals surface area contributed by atoms with Gasteiger partial charge < -0.3 is 9.47 Å². The van der Waals surface area contributed by atoms with Crippen molar-refractivity contribution in [1.29, 1.82) is 0 Å². The molecule has 14 heavy (non-hydrogen) atoms. The molecule has 76 valence electrons. The lowest BCUT2D eigenvalue weighted by Gasteiger charge is -2.08. The highest BCUT2D eigenvalue weighted by Gasteiger charge is 2.04. The lowest BCUT2D eigenvalue weighted by atomic mass is 10.1. The Labute approximate surface area is 83.6 Å². The maximum Gasteiger partial charge on any atom is 0.302 e. The fourth-order valence-corrected chi connectivity index (χ4v) is 1.20. The number of benzene rings is 1. The van der Waals surface area contributed by atoms with Crippen LogP contribution in [0.15, 0.2) is 18.2 Å². The highest BCUT2D eigenvalue weighted by molar-refractivity contribution is 5.66. The second-order valence-corrected chi connectivity index (χ2v) is 3.10. The third-order valence-electron chi connectivity index (χ3n) is 1.87. The van der Waals surface area contributed by atoms with Crippen molar-refractivity contribution in [1.82, 2.24) is 0 Å². The summed E-state index contributed by atoms with van der Waals surface area (Å²) in [5.41, 5.74) is 2.01. The smallest absolute Gasteiger partial charge is 0.302 e. The molecule has 0 aliphatic rings. The van der Waals surface area contributed by atoms with Gasteiger partial charge in [0, 0.05) is 12.5 Å². The van der Waals surface area contributed by atoms with Crippen LogP contribution in [0.25, 0.3) is 0 Å². The van der Waals surface area contributed by atoms with Crippen LogP contribution in [0.3, 0.4) is 0 Å². The highest BCUT2D eigenvalue weighted by atomic mass is 16.5. The van der Waals surface area contributed by atoms with Crippen molar-refractivity contribution in [3.05, 3.63) is 29.3 Å². The molecule has 0 unspecified atom stereocenters. The van der Waals surface area contributed by atoms with Crippen molar-refractivity contribution in [2.24, 2.45) is 0 Å². The molecule has 0 fully saturated rings. The number of ether oxygens (including phenoxy) is 2. The lowest BCUT2D eigenvalue weighted by molar-refractivity contribution is -0.142. The molecule has 0 radical (unpaired) electrons. The van der Waals surface area contributed by atoms with Crippen LogP contribution in [0.5, 0.6) is 5.75 Å². The maximum absolute atomic E-state index is 10.6. The van der Waals surface area contributed by atoms with Crippen molar-refractivity contribution in [3.8, 4) is 5.75 Å². The van der Waals surface area contributed by atoms with Gasteiger partial charge in [-0.1, -0.05) is 11.6 Å². The first-order chi connectivity index (χ1) is 6.63. The first-order valence-electron chi connectivity index (χ1n) is 4.40. The summed E-state index contributed by atoms with van der Waals surface area (Å²) in [6.07, 6.45) is 0. The fourth-order valence-electron chi connectivity index (χ4n) is 1.20. The minimum atomic E-state index is -0.284. The molecule has 1 rings (SSSR count). The summed E-state index contributed by atoms with van der Waals surface area (Å²) < 4.78 is 10.0. The zero-order valence-electron chi connectivity index (χ0n) is 8.66. The normalized spacial score (nSPS) is 9.64. The summed E-state index contributed by atoms with van der Waals surface area (Å²) in [4.78, 5) is 10.6. The third-order valence-corrected chi connectivity index (χ3v) is 1.87. The van der Waals surface area contributed by atoms with E-state index in [1.54, 1.807) is 7.11 Å². The van der Waals surface area contributed by atoms with Crippen LogP contribution in [0, 0.1) is 6.92 Å². The Balaban J connectivity index is 2.82. The molecule has 3 heteroatoms. The van der Waals surface area contributed by atoms with Gasteiger partial charge in [0.1, 0.15) is 12.4 Å². The number of carbonyl (C=O) groups excluding carboxylic acids is 1. The molecule has 3 nitrogen and oxygen atoms in total. The molecule has 1 aromatic carbocycles. The molecular formula is C11H14O3. The van der Waals surface area contributed by atoms with E-state index in [0.29, 0.717) is 0 Å². The fraction of sp³-hybridized carbons (Fsp3) is 0.364. The van der Waals surface area contributed by atoms with Gasteiger partial charge in [-0.15, -0.1) is 0 Å². The van der Waals surface area contributed by atoms with Crippen LogP contribution in [0.2, 0.25) is 0 Å². The molecule has 0 aliphatic carbocycles. The molecule has 0 N–H and O–H groups in total. The third kappa shape index (κ3) is 2.76. The van der Waals surface area contributed by atoms with Crippen molar-refractivity contribution >= 4 is 5.97 Å². The standard InChI is InChI=1S/C11H14O3/c1-8-4-5-11(13-3)10(6-8)7-14-9(2)12/h4-6H,7H2,1-3H3. The monoisotopic (exact) mass is 194 g/mol. The Bertz CT molecular complexity index is 331. The molecule has 0 aromatic heterocycles. The minimum Gasteiger partial charge on any atom is -0.496 e. The summed E-state index contributed by atoms with van der Waals surface area (Å²) in [5, 5.41) is 0. The van der Waals surface area contributed by atoms with Gasteiger partial charge in [-0.2, -0.15) is 0 Å². The van der Waals surface area contributed by atoms with E-state index in [1.807, 2.05) is 25.1 Å². The van der Waals surface area contributed by atoms with E-state index in [1.165, 1.54) is 6.92 Å². The van der Waals surface area contributed by atoms with Crippen molar-refractivity contribution in [2.75, 3.05) is 7.11 Å². The van der Waals surface area contributed by atoms with E-state index in [0.717, 1.165) is 16.9 Å². The van der Waals surface area contributed by atoms with Crippen LogP contribution in [-0.4, -0.2) is 13.1 Å². The van der Waals surface area contributed by atoms with Gasteiger partial charge in [-0.25, -0.2) is 0 Å². The number of esters is 1. The molecule has 0 saturated heterocycles. The average Bonchev–Trinajstić information content (AvgIpc) is 2.15. The number of rotatable bonds is 3. The van der Waals surface area contributed by atoms with Crippen LogP contribution >= 0.6 is 0 Å². The molecule has 0 spiro atoms. The number of aryl methyl sites for hydroxylation is 1. The molecule has 0 heterocycles. The Morgan fingerprint density at radius 1 is 1.43 bits per heavy atom. The second kappa shape index (κ2) is 4.65. The van der Waals surface area contributed by atoms with E-state index in [4.69, 9.17) is 9.47 Å². The number of hydrogen-bond acceptors (Lipinski definition) is 3. The molecular weight excluding hydrogens is 180 g/mol. The molecule has 0 saturated carbocycles. The van der Waals surface area contributed by atoms with Crippen LogP contribution in [0.1, 0.15) is 18.1 Å². The largest absolute Gasteiger partial charge is 0.496 e. The highest BCUT2D eigenvalue weighted by Crippen LogP contribution is 2.20. The number of carbonyl (C=O) groups is 1. The van der Waals surface area contributed by atoms with Crippen molar-refractivity contribution < 1.29 is 14.3 Å². The predicted molar refractivity (Wildman–Crippen MR) is 53.2 cm³/mol. The van der Waals surface area contributed by atoms with Crippen LogP contribution in [0.4, 0.5) is 0 Å². The number of methoxy groups -OCH3 is 1. The molecule has 0 atom stereocenters. The zero-order chi connectivity index (χ0) is 10.6. The molecule has 0 aliphatic heterocycles. The van der Waals surface area contributed by atoms with E-state index in [2.05, 4.69) is 0 Å². The summed E-state index contributed by atoms with van der Waals surface area (Å²) in [6.45, 7) is 3.64. The minimum absolute atomic E-state index is 0.264.